The van der Waals surface area contributed by atoms with Crippen LogP contribution in [-0.4, -0.2) is 5.11 Å². The number of hydrogen-bond acceptors (Lipinski definition) is 1. The molecule has 0 radical (unpaired) electrons. The van der Waals surface area contributed by atoms with E-state index in [1.54, 1.807) is 6.07 Å². The van der Waals surface area contributed by atoms with E-state index in [1.165, 1.54) is 18.2 Å². The van der Waals surface area contributed by atoms with Crippen LogP contribution in [0.5, 0.6) is 0 Å². The Morgan fingerprint density at radius 3 is 2.16 bits per heavy atom. The van der Waals surface area contributed by atoms with Gasteiger partial charge in [-0.05, 0) is 43.2 Å². The second-order valence-electron chi connectivity index (χ2n) is 4.53. The van der Waals surface area contributed by atoms with Gasteiger partial charge in [0.05, 0.1) is 0 Å². The number of aliphatic hydroxyl groups is 1. The van der Waals surface area contributed by atoms with Crippen LogP contribution in [0.3, 0.4) is 0 Å². The van der Waals surface area contributed by atoms with Crippen LogP contribution in [0.2, 0.25) is 10.0 Å². The Hall–Kier alpha value is -1.09. The summed E-state index contributed by atoms with van der Waals surface area (Å²) in [7, 11) is 0. The van der Waals surface area contributed by atoms with Crippen LogP contribution in [-0.2, 0) is 0 Å². The molecule has 1 unspecified atom stereocenters. The molecule has 0 fully saturated rings. The highest BCUT2D eigenvalue weighted by Gasteiger charge is 2.18. The number of benzene rings is 2. The third-order valence-corrected chi connectivity index (χ3v) is 3.82. The van der Waals surface area contributed by atoms with Crippen LogP contribution in [0, 0.1) is 19.7 Å². The van der Waals surface area contributed by atoms with E-state index in [4.69, 9.17) is 23.2 Å². The van der Waals surface area contributed by atoms with Crippen molar-refractivity contribution >= 4 is 23.2 Å². The fourth-order valence-electron chi connectivity index (χ4n) is 1.90. The van der Waals surface area contributed by atoms with Crippen molar-refractivity contribution in [2.75, 3.05) is 0 Å². The van der Waals surface area contributed by atoms with Crippen molar-refractivity contribution in [3.63, 3.8) is 0 Å². The molecule has 4 heteroatoms. The van der Waals surface area contributed by atoms with Crippen molar-refractivity contribution in [1.29, 1.82) is 0 Å². The Morgan fingerprint density at radius 1 is 0.947 bits per heavy atom. The summed E-state index contributed by atoms with van der Waals surface area (Å²) in [5.74, 6) is -0.438. The largest absolute Gasteiger partial charge is 0.384 e. The lowest BCUT2D eigenvalue weighted by Gasteiger charge is -2.16. The zero-order valence-corrected chi connectivity index (χ0v) is 12.1. The van der Waals surface area contributed by atoms with Crippen molar-refractivity contribution in [3.05, 3.63) is 68.4 Å². The molecule has 2 aromatic carbocycles. The maximum atomic E-state index is 13.0. The summed E-state index contributed by atoms with van der Waals surface area (Å²) in [6.07, 6.45) is -0.972. The highest BCUT2D eigenvalue weighted by molar-refractivity contribution is 6.32. The van der Waals surface area contributed by atoms with E-state index in [0.29, 0.717) is 16.1 Å². The summed E-state index contributed by atoms with van der Waals surface area (Å²) in [6, 6.07) is 7.52. The van der Waals surface area contributed by atoms with Gasteiger partial charge in [-0.1, -0.05) is 35.3 Å². The van der Waals surface area contributed by atoms with E-state index in [-0.39, 0.29) is 5.02 Å². The van der Waals surface area contributed by atoms with Crippen LogP contribution in [0.25, 0.3) is 0 Å². The van der Waals surface area contributed by atoms with Gasteiger partial charge in [-0.15, -0.1) is 0 Å². The highest BCUT2D eigenvalue weighted by atomic mass is 35.5. The number of halogens is 3. The van der Waals surface area contributed by atoms with Gasteiger partial charge in [-0.2, -0.15) is 0 Å². The third-order valence-electron chi connectivity index (χ3n) is 3.16. The van der Waals surface area contributed by atoms with E-state index < -0.39 is 11.9 Å². The molecule has 0 saturated heterocycles. The molecule has 0 aliphatic rings. The number of hydrogen-bond donors (Lipinski definition) is 1. The topological polar surface area (TPSA) is 20.2 Å². The molecule has 0 amide bonds. The van der Waals surface area contributed by atoms with Gasteiger partial charge >= 0.3 is 0 Å². The summed E-state index contributed by atoms with van der Waals surface area (Å²) >= 11 is 12.1. The number of aliphatic hydroxyl groups excluding tert-OH is 1. The van der Waals surface area contributed by atoms with E-state index in [0.717, 1.165) is 11.1 Å². The van der Waals surface area contributed by atoms with Gasteiger partial charge in [0.2, 0.25) is 0 Å². The molecular formula is C15H13Cl2FO. The minimum absolute atomic E-state index is 0.182. The smallest absolute Gasteiger partial charge is 0.124 e. The van der Waals surface area contributed by atoms with Crippen LogP contribution in [0.15, 0.2) is 30.3 Å². The first-order chi connectivity index (χ1) is 8.90. The predicted octanol–water partition coefficient (Wildman–Crippen LogP) is 4.83. The third kappa shape index (κ3) is 2.92. The highest BCUT2D eigenvalue weighted by Crippen LogP contribution is 2.34. The summed E-state index contributed by atoms with van der Waals surface area (Å²) in [5.41, 5.74) is 3.08. The second-order valence-corrected chi connectivity index (χ2v) is 5.34. The SMILES string of the molecule is Cc1cc(Cl)c(C(O)c2ccc(F)cc2Cl)cc1C. The zero-order chi connectivity index (χ0) is 14.2. The fourth-order valence-corrected chi connectivity index (χ4v) is 2.50. The standard InChI is InChI=1S/C15H13Cl2FO/c1-8-5-12(13(16)6-9(8)2)15(19)11-4-3-10(18)7-14(11)17/h3-7,15,19H,1-2H3. The van der Waals surface area contributed by atoms with E-state index in [9.17, 15) is 9.50 Å². The van der Waals surface area contributed by atoms with E-state index >= 15 is 0 Å². The molecular weight excluding hydrogens is 286 g/mol. The average Bonchev–Trinajstić information content (AvgIpc) is 2.33. The molecule has 0 saturated carbocycles. The Kier molecular flexibility index (Phi) is 4.14. The van der Waals surface area contributed by atoms with Gasteiger partial charge < -0.3 is 5.11 Å². The molecule has 1 atom stereocenters. The molecule has 0 aromatic heterocycles. The zero-order valence-electron chi connectivity index (χ0n) is 10.5. The molecule has 2 rings (SSSR count). The molecule has 1 nitrogen and oxygen atoms in total. The lowest BCUT2D eigenvalue weighted by Crippen LogP contribution is -2.03. The van der Waals surface area contributed by atoms with Crippen molar-refractivity contribution in [2.45, 2.75) is 20.0 Å². The fraction of sp³-hybridized carbons (Fsp3) is 0.200. The minimum atomic E-state index is -0.972. The summed E-state index contributed by atoms with van der Waals surface area (Å²) in [6.45, 7) is 3.89. The molecule has 0 bridgehead atoms. The van der Waals surface area contributed by atoms with Crippen molar-refractivity contribution < 1.29 is 9.50 Å². The van der Waals surface area contributed by atoms with Gasteiger partial charge in [0.1, 0.15) is 11.9 Å². The molecule has 0 heterocycles. The van der Waals surface area contributed by atoms with E-state index in [1.807, 2.05) is 19.9 Å². The molecule has 2 aromatic rings. The van der Waals surface area contributed by atoms with Crippen LogP contribution in [0.4, 0.5) is 4.39 Å². The summed E-state index contributed by atoms with van der Waals surface area (Å²) in [4.78, 5) is 0. The first kappa shape index (κ1) is 14.3. The Labute approximate surface area is 121 Å². The van der Waals surface area contributed by atoms with Crippen molar-refractivity contribution in [2.24, 2.45) is 0 Å². The molecule has 1 N–H and O–H groups in total. The van der Waals surface area contributed by atoms with Crippen molar-refractivity contribution in [3.8, 4) is 0 Å². The van der Waals surface area contributed by atoms with Gasteiger partial charge in [-0.25, -0.2) is 4.39 Å². The van der Waals surface area contributed by atoms with Gasteiger partial charge in [-0.3, -0.25) is 0 Å². The monoisotopic (exact) mass is 298 g/mol. The average molecular weight is 299 g/mol. The van der Waals surface area contributed by atoms with Gasteiger partial charge in [0, 0.05) is 21.2 Å². The van der Waals surface area contributed by atoms with E-state index in [2.05, 4.69) is 0 Å². The second kappa shape index (κ2) is 5.49. The summed E-state index contributed by atoms with van der Waals surface area (Å²) < 4.78 is 13.0. The molecule has 0 aliphatic heterocycles. The first-order valence-electron chi connectivity index (χ1n) is 5.80. The number of rotatable bonds is 2. The molecule has 19 heavy (non-hydrogen) atoms. The maximum absolute atomic E-state index is 13.0. The predicted molar refractivity (Wildman–Crippen MR) is 76.4 cm³/mol. The molecule has 0 spiro atoms. The Bertz CT molecular complexity index is 626. The van der Waals surface area contributed by atoms with Crippen molar-refractivity contribution in [1.82, 2.24) is 0 Å². The van der Waals surface area contributed by atoms with Gasteiger partial charge in [0.25, 0.3) is 0 Å². The van der Waals surface area contributed by atoms with Crippen LogP contribution >= 0.6 is 23.2 Å². The maximum Gasteiger partial charge on any atom is 0.124 e. The lowest BCUT2D eigenvalue weighted by molar-refractivity contribution is 0.220. The number of aryl methyl sites for hydroxylation is 2. The first-order valence-corrected chi connectivity index (χ1v) is 6.55. The quantitative estimate of drug-likeness (QED) is 0.842. The molecule has 0 aliphatic carbocycles. The Morgan fingerprint density at radius 2 is 1.53 bits per heavy atom. The van der Waals surface area contributed by atoms with Crippen LogP contribution < -0.4 is 0 Å². The lowest BCUT2D eigenvalue weighted by atomic mass is 9.97. The van der Waals surface area contributed by atoms with Gasteiger partial charge in [0.15, 0.2) is 0 Å². The minimum Gasteiger partial charge on any atom is -0.384 e. The molecule has 100 valence electrons. The van der Waals surface area contributed by atoms with Crippen LogP contribution in [0.1, 0.15) is 28.4 Å². The Balaban J connectivity index is 2.49. The normalized spacial score (nSPS) is 12.5. The summed E-state index contributed by atoms with van der Waals surface area (Å²) in [5, 5.41) is 11.0.